The third kappa shape index (κ3) is 5.24. The van der Waals surface area contributed by atoms with Crippen molar-refractivity contribution < 1.29 is 13.6 Å². The van der Waals surface area contributed by atoms with Gasteiger partial charge in [0.2, 0.25) is 5.91 Å². The molecule has 0 bridgehead atoms. The van der Waals surface area contributed by atoms with Gasteiger partial charge in [-0.05, 0) is 34.5 Å². The van der Waals surface area contributed by atoms with E-state index in [2.05, 4.69) is 26.6 Å². The van der Waals surface area contributed by atoms with E-state index in [1.165, 1.54) is 12.1 Å². The van der Waals surface area contributed by atoms with Crippen LogP contribution in [0.25, 0.3) is 0 Å². The van der Waals surface area contributed by atoms with E-state index >= 15 is 0 Å². The molecule has 1 aromatic rings. The van der Waals surface area contributed by atoms with Gasteiger partial charge >= 0.3 is 0 Å². The van der Waals surface area contributed by atoms with Crippen molar-refractivity contribution in [1.82, 2.24) is 10.6 Å². The van der Waals surface area contributed by atoms with E-state index in [4.69, 9.17) is 0 Å². The summed E-state index contributed by atoms with van der Waals surface area (Å²) in [6.07, 6.45) is 1.17. The van der Waals surface area contributed by atoms with Crippen LogP contribution in [0.2, 0.25) is 0 Å². The second-order valence-corrected chi connectivity index (χ2v) is 4.95. The molecule has 1 rings (SSSR count). The van der Waals surface area contributed by atoms with Crippen LogP contribution in [0.5, 0.6) is 0 Å². The van der Waals surface area contributed by atoms with Crippen molar-refractivity contribution in [3.05, 3.63) is 33.8 Å². The number of halogens is 3. The molecular weight excluding hydrogens is 318 g/mol. The molecule has 0 aromatic heterocycles. The number of rotatable bonds is 7. The molecule has 0 aliphatic heterocycles. The number of benzene rings is 1. The van der Waals surface area contributed by atoms with E-state index in [0.29, 0.717) is 13.1 Å². The van der Waals surface area contributed by atoms with Crippen LogP contribution >= 0.6 is 15.9 Å². The summed E-state index contributed by atoms with van der Waals surface area (Å²) in [7, 11) is 0. The second-order valence-electron chi connectivity index (χ2n) is 4.10. The summed E-state index contributed by atoms with van der Waals surface area (Å²) in [5, 5.41) is 5.58. The molecule has 0 saturated heterocycles. The first-order valence-electron chi connectivity index (χ1n) is 6.16. The molecule has 3 nitrogen and oxygen atoms in total. The molecule has 1 aromatic carbocycles. The number of hydrogen-bond acceptors (Lipinski definition) is 2. The van der Waals surface area contributed by atoms with Crippen LogP contribution in [0.15, 0.2) is 16.6 Å². The minimum absolute atomic E-state index is 0.0247. The first-order valence-corrected chi connectivity index (χ1v) is 6.95. The molecule has 0 heterocycles. The average molecular weight is 335 g/mol. The average Bonchev–Trinajstić information content (AvgIpc) is 2.40. The normalized spacial score (nSPS) is 10.5. The summed E-state index contributed by atoms with van der Waals surface area (Å²) in [5.74, 6) is -1.27. The SMILES string of the molecule is CCCNC(=O)CCNCc1c(F)ccc(Br)c1F. The lowest BCUT2D eigenvalue weighted by Gasteiger charge is -2.08. The molecule has 0 saturated carbocycles. The molecule has 6 heteroatoms. The Labute approximate surface area is 119 Å². The van der Waals surface area contributed by atoms with Crippen molar-refractivity contribution in [1.29, 1.82) is 0 Å². The number of carbonyl (C=O) groups excluding carboxylic acids is 1. The van der Waals surface area contributed by atoms with Crippen molar-refractivity contribution in [3.63, 3.8) is 0 Å². The van der Waals surface area contributed by atoms with E-state index in [9.17, 15) is 13.6 Å². The maximum Gasteiger partial charge on any atom is 0.221 e. The Bertz CT molecular complexity index is 441. The van der Waals surface area contributed by atoms with Gasteiger partial charge < -0.3 is 10.6 Å². The predicted octanol–water partition coefficient (Wildman–Crippen LogP) is 2.73. The second kappa shape index (κ2) is 8.22. The molecule has 2 N–H and O–H groups in total. The molecule has 0 radical (unpaired) electrons. The molecule has 0 spiro atoms. The molecule has 0 fully saturated rings. The predicted molar refractivity (Wildman–Crippen MR) is 73.7 cm³/mol. The van der Waals surface area contributed by atoms with E-state index in [0.717, 1.165) is 6.42 Å². The lowest BCUT2D eigenvalue weighted by Crippen LogP contribution is -2.28. The van der Waals surface area contributed by atoms with Crippen molar-refractivity contribution >= 4 is 21.8 Å². The van der Waals surface area contributed by atoms with Crippen LogP contribution in [0, 0.1) is 11.6 Å². The fourth-order valence-corrected chi connectivity index (χ4v) is 1.87. The third-order valence-electron chi connectivity index (χ3n) is 2.54. The molecule has 0 unspecified atom stereocenters. The zero-order valence-electron chi connectivity index (χ0n) is 10.7. The standard InChI is InChI=1S/C13H17BrF2N2O/c1-2-6-18-12(19)5-7-17-8-9-11(15)4-3-10(14)13(9)16/h3-4,17H,2,5-8H2,1H3,(H,18,19). The minimum Gasteiger partial charge on any atom is -0.356 e. The lowest BCUT2D eigenvalue weighted by atomic mass is 10.2. The maximum atomic E-state index is 13.6. The fraction of sp³-hybridized carbons (Fsp3) is 0.462. The van der Waals surface area contributed by atoms with Gasteiger partial charge in [0.15, 0.2) is 0 Å². The maximum absolute atomic E-state index is 13.6. The molecule has 0 aliphatic rings. The van der Waals surface area contributed by atoms with E-state index in [-0.39, 0.29) is 28.9 Å². The summed E-state index contributed by atoms with van der Waals surface area (Å²) < 4.78 is 27.2. The molecule has 19 heavy (non-hydrogen) atoms. The Morgan fingerprint density at radius 3 is 2.74 bits per heavy atom. The van der Waals surface area contributed by atoms with Gasteiger partial charge in [-0.25, -0.2) is 8.78 Å². The van der Waals surface area contributed by atoms with Crippen LogP contribution < -0.4 is 10.6 Å². The van der Waals surface area contributed by atoms with E-state index in [1.807, 2.05) is 6.92 Å². The van der Waals surface area contributed by atoms with Gasteiger partial charge in [-0.3, -0.25) is 4.79 Å². The summed E-state index contributed by atoms with van der Waals surface area (Å²) >= 11 is 3.01. The Kier molecular flexibility index (Phi) is 6.94. The fourth-order valence-electron chi connectivity index (χ4n) is 1.50. The van der Waals surface area contributed by atoms with Gasteiger partial charge in [0.25, 0.3) is 0 Å². The highest BCUT2D eigenvalue weighted by Gasteiger charge is 2.11. The van der Waals surface area contributed by atoms with Crippen molar-refractivity contribution in [3.8, 4) is 0 Å². The molecule has 0 aliphatic carbocycles. The van der Waals surface area contributed by atoms with Crippen LogP contribution in [0.4, 0.5) is 8.78 Å². The van der Waals surface area contributed by atoms with Crippen LogP contribution in [0.3, 0.4) is 0 Å². The molecular formula is C13H17BrF2N2O. The van der Waals surface area contributed by atoms with E-state index < -0.39 is 11.6 Å². The first-order chi connectivity index (χ1) is 9.06. The third-order valence-corrected chi connectivity index (χ3v) is 3.15. The van der Waals surface area contributed by atoms with Gasteiger partial charge in [-0.2, -0.15) is 0 Å². The number of hydrogen-bond donors (Lipinski definition) is 2. The first kappa shape index (κ1) is 16.0. The Hall–Kier alpha value is -1.01. The molecule has 1 amide bonds. The van der Waals surface area contributed by atoms with Crippen LogP contribution in [-0.4, -0.2) is 19.0 Å². The van der Waals surface area contributed by atoms with E-state index in [1.54, 1.807) is 0 Å². The highest BCUT2D eigenvalue weighted by molar-refractivity contribution is 9.10. The lowest BCUT2D eigenvalue weighted by molar-refractivity contribution is -0.120. The summed E-state index contributed by atoms with van der Waals surface area (Å²) in [6, 6.07) is 2.53. The molecule has 0 atom stereocenters. The quantitative estimate of drug-likeness (QED) is 0.594. The number of amides is 1. The Morgan fingerprint density at radius 2 is 2.05 bits per heavy atom. The van der Waals surface area contributed by atoms with Crippen molar-refractivity contribution in [2.45, 2.75) is 26.3 Å². The zero-order chi connectivity index (χ0) is 14.3. The summed E-state index contributed by atoms with van der Waals surface area (Å²) in [5.41, 5.74) is -0.0247. The van der Waals surface area contributed by atoms with Gasteiger partial charge in [-0.15, -0.1) is 0 Å². The van der Waals surface area contributed by atoms with Gasteiger partial charge in [0, 0.05) is 31.6 Å². The van der Waals surface area contributed by atoms with Crippen LogP contribution in [0.1, 0.15) is 25.3 Å². The zero-order valence-corrected chi connectivity index (χ0v) is 12.3. The van der Waals surface area contributed by atoms with Gasteiger partial charge in [0.1, 0.15) is 11.6 Å². The summed E-state index contributed by atoms with van der Waals surface area (Å²) in [6.45, 7) is 3.05. The number of nitrogens with one attached hydrogen (secondary N) is 2. The van der Waals surface area contributed by atoms with Crippen molar-refractivity contribution in [2.75, 3.05) is 13.1 Å². The largest absolute Gasteiger partial charge is 0.356 e. The smallest absolute Gasteiger partial charge is 0.221 e. The van der Waals surface area contributed by atoms with Gasteiger partial charge in [0.05, 0.1) is 4.47 Å². The topological polar surface area (TPSA) is 41.1 Å². The summed E-state index contributed by atoms with van der Waals surface area (Å²) in [4.78, 5) is 11.3. The monoisotopic (exact) mass is 334 g/mol. The van der Waals surface area contributed by atoms with Gasteiger partial charge in [-0.1, -0.05) is 6.92 Å². The van der Waals surface area contributed by atoms with Crippen molar-refractivity contribution in [2.24, 2.45) is 0 Å². The Balaban J connectivity index is 2.38. The highest BCUT2D eigenvalue weighted by atomic mass is 79.9. The number of carbonyl (C=O) groups is 1. The van der Waals surface area contributed by atoms with Crippen LogP contribution in [-0.2, 0) is 11.3 Å². The highest BCUT2D eigenvalue weighted by Crippen LogP contribution is 2.21. The molecule has 106 valence electrons. The minimum atomic E-state index is -0.608. The Morgan fingerprint density at radius 1 is 1.32 bits per heavy atom.